The average molecular weight is 316 g/mol. The standard InChI is InChI=1S/C15H12N2O2S2/c1-2-10-7-12-13(20-10)16-8-17-14(12)21-11-5-3-4-9(6-11)15(18)19/h3-8H,2H2,1H3,(H,18,19). The molecular weight excluding hydrogens is 304 g/mol. The van der Waals surface area contributed by atoms with Crippen molar-refractivity contribution >= 4 is 39.3 Å². The topological polar surface area (TPSA) is 63.1 Å². The summed E-state index contributed by atoms with van der Waals surface area (Å²) in [5.74, 6) is -0.922. The van der Waals surface area contributed by atoms with Crippen molar-refractivity contribution in [2.24, 2.45) is 0 Å². The van der Waals surface area contributed by atoms with Crippen molar-refractivity contribution < 1.29 is 9.90 Å². The molecule has 0 unspecified atom stereocenters. The van der Waals surface area contributed by atoms with Crippen LogP contribution >= 0.6 is 23.1 Å². The molecule has 1 N–H and O–H groups in total. The van der Waals surface area contributed by atoms with Crippen LogP contribution in [0.25, 0.3) is 10.2 Å². The van der Waals surface area contributed by atoms with E-state index in [1.165, 1.54) is 16.6 Å². The number of rotatable bonds is 4. The smallest absolute Gasteiger partial charge is 0.335 e. The van der Waals surface area contributed by atoms with Gasteiger partial charge in [-0.15, -0.1) is 11.3 Å². The number of nitrogens with zero attached hydrogens (tertiary/aromatic N) is 2. The number of hydrogen-bond acceptors (Lipinski definition) is 5. The maximum atomic E-state index is 11.0. The molecule has 0 amide bonds. The Morgan fingerprint density at radius 2 is 2.19 bits per heavy atom. The second kappa shape index (κ2) is 5.83. The number of benzene rings is 1. The van der Waals surface area contributed by atoms with E-state index in [-0.39, 0.29) is 5.56 Å². The molecule has 21 heavy (non-hydrogen) atoms. The van der Waals surface area contributed by atoms with Gasteiger partial charge in [0.05, 0.1) is 5.56 Å². The summed E-state index contributed by atoms with van der Waals surface area (Å²) in [4.78, 5) is 22.8. The fraction of sp³-hybridized carbons (Fsp3) is 0.133. The molecule has 106 valence electrons. The molecule has 0 fully saturated rings. The first kappa shape index (κ1) is 14.0. The summed E-state index contributed by atoms with van der Waals surface area (Å²) < 4.78 is 0. The lowest BCUT2D eigenvalue weighted by Crippen LogP contribution is -1.95. The number of fused-ring (bicyclic) bond motifs is 1. The van der Waals surface area contributed by atoms with Gasteiger partial charge in [0, 0.05) is 15.2 Å². The molecule has 0 saturated heterocycles. The van der Waals surface area contributed by atoms with Crippen molar-refractivity contribution in [2.45, 2.75) is 23.3 Å². The molecule has 2 heterocycles. The van der Waals surface area contributed by atoms with E-state index in [1.807, 2.05) is 6.07 Å². The lowest BCUT2D eigenvalue weighted by Gasteiger charge is -2.03. The number of aryl methyl sites for hydroxylation is 1. The summed E-state index contributed by atoms with van der Waals surface area (Å²) >= 11 is 3.14. The maximum absolute atomic E-state index is 11.0. The first-order valence-electron chi connectivity index (χ1n) is 6.42. The first-order valence-corrected chi connectivity index (χ1v) is 8.05. The number of thiophene rings is 1. The van der Waals surface area contributed by atoms with E-state index in [0.717, 1.165) is 26.6 Å². The monoisotopic (exact) mass is 316 g/mol. The second-order valence-corrected chi connectivity index (χ2v) is 6.58. The summed E-state index contributed by atoms with van der Waals surface area (Å²) in [6.45, 7) is 2.11. The van der Waals surface area contributed by atoms with Gasteiger partial charge in [-0.05, 0) is 30.7 Å². The SMILES string of the molecule is CCc1cc2c(Sc3cccc(C(=O)O)c3)ncnc2s1. The van der Waals surface area contributed by atoms with E-state index in [0.29, 0.717) is 0 Å². The molecule has 3 rings (SSSR count). The van der Waals surface area contributed by atoms with Crippen molar-refractivity contribution in [3.63, 3.8) is 0 Å². The minimum absolute atomic E-state index is 0.282. The minimum Gasteiger partial charge on any atom is -0.478 e. The summed E-state index contributed by atoms with van der Waals surface area (Å²) in [5, 5.41) is 10.9. The van der Waals surface area contributed by atoms with Gasteiger partial charge in [-0.1, -0.05) is 24.8 Å². The molecule has 0 saturated carbocycles. The second-order valence-electron chi connectivity index (χ2n) is 4.40. The summed E-state index contributed by atoms with van der Waals surface area (Å²) in [6, 6.07) is 8.99. The minimum atomic E-state index is -0.922. The highest BCUT2D eigenvalue weighted by atomic mass is 32.2. The fourth-order valence-electron chi connectivity index (χ4n) is 1.94. The van der Waals surface area contributed by atoms with E-state index in [4.69, 9.17) is 5.11 Å². The van der Waals surface area contributed by atoms with Gasteiger partial charge < -0.3 is 5.11 Å². The fourth-order valence-corrected chi connectivity index (χ4v) is 3.86. The van der Waals surface area contributed by atoms with Crippen LogP contribution < -0.4 is 0 Å². The van der Waals surface area contributed by atoms with E-state index >= 15 is 0 Å². The van der Waals surface area contributed by atoms with Crippen molar-refractivity contribution in [2.75, 3.05) is 0 Å². The molecule has 0 aliphatic heterocycles. The average Bonchev–Trinajstić information content (AvgIpc) is 2.92. The van der Waals surface area contributed by atoms with Crippen LogP contribution in [0.15, 0.2) is 46.6 Å². The van der Waals surface area contributed by atoms with E-state index < -0.39 is 5.97 Å². The first-order chi connectivity index (χ1) is 10.2. The Hall–Kier alpha value is -1.92. The Bertz CT molecular complexity index is 814. The van der Waals surface area contributed by atoms with Gasteiger partial charge in [0.25, 0.3) is 0 Å². The Balaban J connectivity index is 1.99. The molecule has 0 aliphatic rings. The third-order valence-electron chi connectivity index (χ3n) is 2.99. The molecule has 3 aromatic rings. The molecule has 6 heteroatoms. The lowest BCUT2D eigenvalue weighted by molar-refractivity contribution is 0.0696. The highest BCUT2D eigenvalue weighted by Gasteiger charge is 2.10. The van der Waals surface area contributed by atoms with Gasteiger partial charge in [0.2, 0.25) is 0 Å². The molecule has 0 radical (unpaired) electrons. The van der Waals surface area contributed by atoms with E-state index in [9.17, 15) is 4.79 Å². The van der Waals surface area contributed by atoms with Crippen molar-refractivity contribution in [3.05, 3.63) is 47.1 Å². The highest BCUT2D eigenvalue weighted by molar-refractivity contribution is 7.99. The molecule has 0 aliphatic carbocycles. The van der Waals surface area contributed by atoms with Crippen LogP contribution in [-0.2, 0) is 6.42 Å². The molecule has 0 bridgehead atoms. The van der Waals surface area contributed by atoms with Crippen LogP contribution in [0.1, 0.15) is 22.2 Å². The number of aromatic nitrogens is 2. The normalized spacial score (nSPS) is 10.9. The van der Waals surface area contributed by atoms with Crippen LogP contribution in [0, 0.1) is 0 Å². The Kier molecular flexibility index (Phi) is 3.90. The largest absolute Gasteiger partial charge is 0.478 e. The summed E-state index contributed by atoms with van der Waals surface area (Å²) in [6.07, 6.45) is 2.53. The Morgan fingerprint density at radius 3 is 2.95 bits per heavy atom. The van der Waals surface area contributed by atoms with Crippen LogP contribution in [0.4, 0.5) is 0 Å². The molecule has 2 aromatic heterocycles. The Labute approximate surface area is 129 Å². The number of carboxylic acids is 1. The zero-order valence-electron chi connectivity index (χ0n) is 11.2. The number of carbonyl (C=O) groups is 1. The maximum Gasteiger partial charge on any atom is 0.335 e. The molecule has 4 nitrogen and oxygen atoms in total. The summed E-state index contributed by atoms with van der Waals surface area (Å²) in [5.41, 5.74) is 0.282. The molecule has 1 aromatic carbocycles. The van der Waals surface area contributed by atoms with Crippen LogP contribution in [0.5, 0.6) is 0 Å². The van der Waals surface area contributed by atoms with E-state index in [2.05, 4.69) is 23.0 Å². The summed E-state index contributed by atoms with van der Waals surface area (Å²) in [7, 11) is 0. The van der Waals surface area contributed by atoms with Crippen LogP contribution in [-0.4, -0.2) is 21.0 Å². The number of hydrogen-bond donors (Lipinski definition) is 1. The number of aromatic carboxylic acids is 1. The molecular formula is C15H12N2O2S2. The zero-order chi connectivity index (χ0) is 14.8. The van der Waals surface area contributed by atoms with Crippen molar-refractivity contribution in [1.29, 1.82) is 0 Å². The molecule has 0 spiro atoms. The quantitative estimate of drug-likeness (QED) is 0.734. The van der Waals surface area contributed by atoms with Crippen LogP contribution in [0.3, 0.4) is 0 Å². The van der Waals surface area contributed by atoms with Crippen molar-refractivity contribution in [3.8, 4) is 0 Å². The van der Waals surface area contributed by atoms with Gasteiger partial charge in [-0.25, -0.2) is 14.8 Å². The van der Waals surface area contributed by atoms with E-state index in [1.54, 1.807) is 35.9 Å². The van der Waals surface area contributed by atoms with Gasteiger partial charge in [0.1, 0.15) is 16.2 Å². The van der Waals surface area contributed by atoms with Gasteiger partial charge in [-0.2, -0.15) is 0 Å². The lowest BCUT2D eigenvalue weighted by atomic mass is 10.2. The van der Waals surface area contributed by atoms with Crippen LogP contribution in [0.2, 0.25) is 0 Å². The third kappa shape index (κ3) is 2.91. The predicted molar refractivity (Wildman–Crippen MR) is 84.3 cm³/mol. The number of carboxylic acid groups (broad SMARTS) is 1. The highest BCUT2D eigenvalue weighted by Crippen LogP contribution is 2.34. The zero-order valence-corrected chi connectivity index (χ0v) is 12.9. The van der Waals surface area contributed by atoms with Gasteiger partial charge in [0.15, 0.2) is 0 Å². The Morgan fingerprint density at radius 1 is 1.33 bits per heavy atom. The van der Waals surface area contributed by atoms with Gasteiger partial charge in [-0.3, -0.25) is 0 Å². The molecule has 0 atom stereocenters. The predicted octanol–water partition coefficient (Wildman–Crippen LogP) is 4.10. The van der Waals surface area contributed by atoms with Crippen molar-refractivity contribution in [1.82, 2.24) is 9.97 Å². The van der Waals surface area contributed by atoms with Gasteiger partial charge >= 0.3 is 5.97 Å². The third-order valence-corrected chi connectivity index (χ3v) is 5.18.